The maximum atomic E-state index is 7.42. The van der Waals surface area contributed by atoms with Gasteiger partial charge in [-0.15, -0.1) is 0 Å². The van der Waals surface area contributed by atoms with Crippen molar-refractivity contribution in [1.29, 1.82) is 0 Å². The highest BCUT2D eigenvalue weighted by atomic mass is 28.4. The molecule has 29 heavy (non-hydrogen) atoms. The molecule has 0 aliphatic carbocycles. The highest BCUT2D eigenvalue weighted by Gasteiger charge is 2.48. The van der Waals surface area contributed by atoms with Gasteiger partial charge in [-0.1, -0.05) is 130 Å². The molecule has 0 atom stereocenters. The third kappa shape index (κ3) is 4.70. The van der Waals surface area contributed by atoms with E-state index in [0.717, 1.165) is 0 Å². The molecule has 0 radical (unpaired) electrons. The van der Waals surface area contributed by atoms with Gasteiger partial charge in [0.1, 0.15) is 16.5 Å². The molecule has 3 rings (SSSR count). The van der Waals surface area contributed by atoms with E-state index in [1.807, 2.05) is 0 Å². The number of hydrogen-bond acceptors (Lipinski definition) is 2. The molecule has 0 N–H and O–H groups in total. The van der Waals surface area contributed by atoms with E-state index in [4.69, 9.17) is 4.53 Å². The zero-order valence-corrected chi connectivity index (χ0v) is 21.5. The smallest absolute Gasteiger partial charge is 0.311 e. The predicted octanol–water partition coefficient (Wildman–Crippen LogP) is 4.56. The first kappa shape index (κ1) is 21.9. The van der Waals surface area contributed by atoms with Crippen molar-refractivity contribution in [2.45, 2.75) is 39.3 Å². The van der Waals surface area contributed by atoms with E-state index in [1.165, 1.54) is 15.6 Å². The maximum absolute atomic E-state index is 7.42. The fourth-order valence-electron chi connectivity index (χ4n) is 4.09. The molecule has 3 aromatic carbocycles. The molecule has 0 aliphatic heterocycles. The summed E-state index contributed by atoms with van der Waals surface area (Å²) in [7, 11) is -6.16. The van der Waals surface area contributed by atoms with E-state index in [9.17, 15) is 0 Å². The second kappa shape index (κ2) is 8.54. The van der Waals surface area contributed by atoms with Gasteiger partial charge in [-0.25, -0.2) is 4.39 Å². The van der Waals surface area contributed by atoms with Gasteiger partial charge in [0.05, 0.1) is 0 Å². The van der Waals surface area contributed by atoms with Crippen molar-refractivity contribution in [2.24, 2.45) is 0 Å². The minimum atomic E-state index is -2.71. The zero-order valence-electron chi connectivity index (χ0n) is 18.5. The first-order valence-corrected chi connectivity index (χ1v) is 19.1. The summed E-state index contributed by atoms with van der Waals surface area (Å²) in [6.45, 7) is 14.4. The van der Waals surface area contributed by atoms with Crippen LogP contribution in [0, 0.1) is 0 Å². The van der Waals surface area contributed by atoms with Crippen LogP contribution in [0.25, 0.3) is 0 Å². The topological polar surface area (TPSA) is 12.5 Å². The van der Waals surface area contributed by atoms with Crippen LogP contribution in [0.1, 0.15) is 0 Å². The van der Waals surface area contributed by atoms with Gasteiger partial charge in [0.2, 0.25) is 0 Å². The molecule has 0 aromatic heterocycles. The summed E-state index contributed by atoms with van der Waals surface area (Å²) in [5, 5.41) is 3.87. The molecular formula is C24H33NOSi3. The van der Waals surface area contributed by atoms with Gasteiger partial charge in [-0.2, -0.15) is 0 Å². The highest BCUT2D eigenvalue weighted by Crippen LogP contribution is 2.24. The highest BCUT2D eigenvalue weighted by molar-refractivity contribution is 7.07. The van der Waals surface area contributed by atoms with Gasteiger partial charge in [-0.3, -0.25) is 0 Å². The SMILES string of the molecule is C[Si](C)(C)N(O[Si](c1ccccc1)(c1ccccc1)c1ccccc1)[Si](C)(C)C. The molecule has 5 heteroatoms. The minimum Gasteiger partial charge on any atom is -0.339 e. The summed E-state index contributed by atoms with van der Waals surface area (Å²) in [6, 6.07) is 32.6. The zero-order chi connectivity index (χ0) is 21.1. The molecule has 0 aliphatic rings. The second-order valence-corrected chi connectivity index (χ2v) is 22.7. The van der Waals surface area contributed by atoms with Crippen molar-refractivity contribution < 1.29 is 4.53 Å². The summed E-state index contributed by atoms with van der Waals surface area (Å²) < 4.78 is 9.91. The number of rotatable bonds is 7. The van der Waals surface area contributed by atoms with Crippen LogP contribution in [0.5, 0.6) is 0 Å². The van der Waals surface area contributed by atoms with E-state index >= 15 is 0 Å². The Kier molecular flexibility index (Phi) is 6.45. The Balaban J connectivity index is 2.34. The lowest BCUT2D eigenvalue weighted by Crippen LogP contribution is -2.75. The predicted molar refractivity (Wildman–Crippen MR) is 134 cm³/mol. The maximum Gasteiger partial charge on any atom is 0.311 e. The fraction of sp³-hybridized carbons (Fsp3) is 0.250. The summed E-state index contributed by atoms with van der Waals surface area (Å²) in [6.07, 6.45) is 0. The van der Waals surface area contributed by atoms with Gasteiger partial charge >= 0.3 is 8.32 Å². The van der Waals surface area contributed by atoms with E-state index < -0.39 is 24.8 Å². The lowest BCUT2D eigenvalue weighted by atomic mass is 10.3. The van der Waals surface area contributed by atoms with Crippen LogP contribution in [-0.4, -0.2) is 29.2 Å². The van der Waals surface area contributed by atoms with Crippen LogP contribution in [0.2, 0.25) is 39.3 Å². The van der Waals surface area contributed by atoms with Crippen molar-refractivity contribution in [3.05, 3.63) is 91.0 Å². The average molecular weight is 436 g/mol. The lowest BCUT2D eigenvalue weighted by Gasteiger charge is -2.48. The van der Waals surface area contributed by atoms with Crippen molar-refractivity contribution >= 4 is 40.3 Å². The Morgan fingerprint density at radius 2 is 0.759 bits per heavy atom. The van der Waals surface area contributed by atoms with Gasteiger partial charge in [-0.05, 0) is 15.6 Å². The Morgan fingerprint density at radius 1 is 0.483 bits per heavy atom. The molecule has 0 heterocycles. The van der Waals surface area contributed by atoms with Gasteiger partial charge in [0.25, 0.3) is 0 Å². The third-order valence-electron chi connectivity index (χ3n) is 4.99. The lowest BCUT2D eigenvalue weighted by molar-refractivity contribution is 0.103. The fourth-order valence-corrected chi connectivity index (χ4v) is 18.7. The van der Waals surface area contributed by atoms with Gasteiger partial charge in [0, 0.05) is 0 Å². The molecule has 152 valence electrons. The normalized spacial score (nSPS) is 12.9. The molecule has 0 bridgehead atoms. The molecule has 0 saturated heterocycles. The monoisotopic (exact) mass is 435 g/mol. The summed E-state index contributed by atoms with van der Waals surface area (Å²) in [5.74, 6) is 0. The molecule has 0 saturated carbocycles. The molecule has 0 amide bonds. The minimum absolute atomic E-state index is 1.29. The summed E-state index contributed by atoms with van der Waals surface area (Å²) >= 11 is 0. The van der Waals surface area contributed by atoms with Crippen molar-refractivity contribution in [3.63, 3.8) is 0 Å². The van der Waals surface area contributed by atoms with Crippen LogP contribution in [0.3, 0.4) is 0 Å². The van der Waals surface area contributed by atoms with E-state index in [2.05, 4.69) is 135 Å². The average Bonchev–Trinajstić information content (AvgIpc) is 2.69. The van der Waals surface area contributed by atoms with Crippen LogP contribution < -0.4 is 15.6 Å². The van der Waals surface area contributed by atoms with E-state index in [-0.39, 0.29) is 0 Å². The van der Waals surface area contributed by atoms with E-state index in [0.29, 0.717) is 0 Å². The number of nitrogens with zero attached hydrogens (tertiary/aromatic N) is 1. The largest absolute Gasteiger partial charge is 0.339 e. The Labute approximate surface area is 179 Å². The van der Waals surface area contributed by atoms with Crippen LogP contribution in [-0.2, 0) is 4.53 Å². The Bertz CT molecular complexity index is 793. The number of benzene rings is 3. The molecule has 0 spiro atoms. The molecular weight excluding hydrogens is 403 g/mol. The van der Waals surface area contributed by atoms with Gasteiger partial charge < -0.3 is 4.53 Å². The van der Waals surface area contributed by atoms with Crippen LogP contribution in [0.15, 0.2) is 91.0 Å². The first-order valence-electron chi connectivity index (χ1n) is 10.3. The first-order chi connectivity index (χ1) is 13.7. The molecule has 0 fully saturated rings. The summed E-state index contributed by atoms with van der Waals surface area (Å²) in [5.41, 5.74) is 0. The van der Waals surface area contributed by atoms with Crippen molar-refractivity contribution in [2.75, 3.05) is 0 Å². The summed E-state index contributed by atoms with van der Waals surface area (Å²) in [4.78, 5) is 0. The van der Waals surface area contributed by atoms with Crippen molar-refractivity contribution in [1.82, 2.24) is 4.39 Å². The standard InChI is InChI=1S/C24H33NOSi3/c1-27(2,3)25(28(4,5)6)26-29(22-16-10-7-11-17-22,23-18-12-8-13-19-23)24-20-14-9-15-21-24/h7-21H,1-6H3. The van der Waals surface area contributed by atoms with Gasteiger partial charge in [0.15, 0.2) is 0 Å². The molecule has 2 nitrogen and oxygen atoms in total. The Morgan fingerprint density at radius 3 is 1.00 bits per heavy atom. The van der Waals surface area contributed by atoms with Crippen molar-refractivity contribution in [3.8, 4) is 0 Å². The second-order valence-electron chi connectivity index (χ2n) is 9.51. The van der Waals surface area contributed by atoms with E-state index in [1.54, 1.807) is 0 Å². The quantitative estimate of drug-likeness (QED) is 0.306. The van der Waals surface area contributed by atoms with Crippen LogP contribution in [0.4, 0.5) is 0 Å². The number of hydrogen-bond donors (Lipinski definition) is 0. The van der Waals surface area contributed by atoms with Crippen LogP contribution >= 0.6 is 0 Å². The molecule has 3 aromatic rings. The molecule has 0 unspecified atom stereocenters. The Hall–Kier alpha value is -1.77. The third-order valence-corrected chi connectivity index (χ3v) is 15.9.